The molecule has 0 saturated heterocycles. The Bertz CT molecular complexity index is 1050. The van der Waals surface area contributed by atoms with Crippen LogP contribution in [0.3, 0.4) is 0 Å². The molecule has 5 nitrogen and oxygen atoms in total. The van der Waals surface area contributed by atoms with Gasteiger partial charge in [-0.05, 0) is 47.8 Å². The molecule has 2 heterocycles. The van der Waals surface area contributed by atoms with Gasteiger partial charge in [0.25, 0.3) is 0 Å². The van der Waals surface area contributed by atoms with Gasteiger partial charge in [0, 0.05) is 11.1 Å². The lowest BCUT2D eigenvalue weighted by atomic mass is 10.00. The first-order valence-electron chi connectivity index (χ1n) is 8.18. The van der Waals surface area contributed by atoms with Crippen molar-refractivity contribution in [1.29, 1.82) is 0 Å². The van der Waals surface area contributed by atoms with E-state index >= 15 is 0 Å². The Labute approximate surface area is 159 Å². The first-order chi connectivity index (χ1) is 13.2. The lowest BCUT2D eigenvalue weighted by molar-refractivity contribution is 0.355. The Kier molecular flexibility index (Phi) is 4.60. The van der Waals surface area contributed by atoms with Crippen LogP contribution >= 0.6 is 11.3 Å². The summed E-state index contributed by atoms with van der Waals surface area (Å²) in [5, 5.41) is 6.49. The average molecular weight is 381 g/mol. The molecule has 7 heteroatoms. The molecule has 0 fully saturated rings. The van der Waals surface area contributed by atoms with Gasteiger partial charge in [-0.3, -0.25) is 5.43 Å². The molecular formula is C20H16FN3O2S. The standard InChI is InChI=1S/C20H16FN3O2S/c1-25-16-8-5-12(10-17(16)26-2)19-14-11-13(21)6-7-15(14)22-20(24-23-19)18-4-3-9-27-18/h3-11H,1-2H3,(H,22,24). The predicted molar refractivity (Wildman–Crippen MR) is 105 cm³/mol. The number of thiophene rings is 1. The highest BCUT2D eigenvalue weighted by Crippen LogP contribution is 2.32. The van der Waals surface area contributed by atoms with E-state index in [0.29, 0.717) is 34.3 Å². The molecule has 0 amide bonds. The van der Waals surface area contributed by atoms with Crippen molar-refractivity contribution < 1.29 is 13.9 Å². The maximum absolute atomic E-state index is 14.0. The minimum absolute atomic E-state index is 0.350. The van der Waals surface area contributed by atoms with Crippen molar-refractivity contribution >= 4 is 28.6 Å². The van der Waals surface area contributed by atoms with Gasteiger partial charge in [0.15, 0.2) is 17.3 Å². The van der Waals surface area contributed by atoms with Gasteiger partial charge in [0.2, 0.25) is 0 Å². The predicted octanol–water partition coefficient (Wildman–Crippen LogP) is 4.34. The lowest BCUT2D eigenvalue weighted by Gasteiger charge is -2.12. The third-order valence-corrected chi connectivity index (χ3v) is 5.01. The molecule has 3 aromatic rings. The largest absolute Gasteiger partial charge is 0.493 e. The van der Waals surface area contributed by atoms with Gasteiger partial charge in [-0.25, -0.2) is 9.38 Å². The number of ether oxygens (including phenoxy) is 2. The van der Waals surface area contributed by atoms with Crippen molar-refractivity contribution in [1.82, 2.24) is 5.43 Å². The van der Waals surface area contributed by atoms with Crippen LogP contribution in [-0.4, -0.2) is 25.8 Å². The van der Waals surface area contributed by atoms with Gasteiger partial charge in [0.1, 0.15) is 11.5 Å². The number of methoxy groups -OCH3 is 2. The summed E-state index contributed by atoms with van der Waals surface area (Å²) in [5.41, 5.74) is 5.58. The second-order valence-corrected chi connectivity index (χ2v) is 6.69. The van der Waals surface area contributed by atoms with E-state index in [1.165, 1.54) is 12.1 Å². The summed E-state index contributed by atoms with van der Waals surface area (Å²) in [6.07, 6.45) is 0. The number of rotatable bonds is 4. The highest BCUT2D eigenvalue weighted by Gasteiger charge is 2.19. The van der Waals surface area contributed by atoms with Crippen LogP contribution in [0.4, 0.5) is 10.1 Å². The molecule has 1 N–H and O–H groups in total. The zero-order chi connectivity index (χ0) is 18.8. The van der Waals surface area contributed by atoms with Crippen LogP contribution in [0.2, 0.25) is 0 Å². The SMILES string of the molecule is COc1ccc(C2=NNC(c3cccs3)=Nc3ccc(F)cc32)cc1OC. The summed E-state index contributed by atoms with van der Waals surface area (Å²) in [7, 11) is 3.15. The first-order valence-corrected chi connectivity index (χ1v) is 9.06. The molecule has 0 spiro atoms. The van der Waals surface area contributed by atoms with Crippen molar-refractivity contribution in [2.45, 2.75) is 0 Å². The topological polar surface area (TPSA) is 55.2 Å². The Morgan fingerprint density at radius 1 is 1.00 bits per heavy atom. The van der Waals surface area contributed by atoms with E-state index in [-0.39, 0.29) is 5.82 Å². The van der Waals surface area contributed by atoms with Gasteiger partial charge in [0.05, 0.1) is 24.8 Å². The second-order valence-electron chi connectivity index (χ2n) is 5.74. The maximum atomic E-state index is 14.0. The molecule has 4 rings (SSSR count). The summed E-state index contributed by atoms with van der Waals surface area (Å²) >= 11 is 1.55. The number of nitrogens with zero attached hydrogens (tertiary/aromatic N) is 2. The molecule has 136 valence electrons. The number of benzene rings is 2. The van der Waals surface area contributed by atoms with E-state index in [2.05, 4.69) is 15.5 Å². The highest BCUT2D eigenvalue weighted by molar-refractivity contribution is 7.12. The number of aliphatic imine (C=N–C) groups is 1. The van der Waals surface area contributed by atoms with E-state index in [0.717, 1.165) is 10.4 Å². The van der Waals surface area contributed by atoms with Crippen molar-refractivity contribution in [3.8, 4) is 11.5 Å². The smallest absolute Gasteiger partial charge is 0.164 e. The highest BCUT2D eigenvalue weighted by atomic mass is 32.1. The number of nitrogens with one attached hydrogen (secondary N) is 1. The molecule has 1 aliphatic heterocycles. The maximum Gasteiger partial charge on any atom is 0.164 e. The second kappa shape index (κ2) is 7.20. The molecule has 0 atom stereocenters. The Hall–Kier alpha value is -3.19. The summed E-state index contributed by atoms with van der Waals surface area (Å²) in [6, 6.07) is 13.8. The van der Waals surface area contributed by atoms with Gasteiger partial charge in [-0.2, -0.15) is 5.10 Å². The quantitative estimate of drug-likeness (QED) is 0.732. The Morgan fingerprint density at radius 3 is 2.59 bits per heavy atom. The Morgan fingerprint density at radius 2 is 1.85 bits per heavy atom. The van der Waals surface area contributed by atoms with Crippen molar-refractivity contribution in [2.75, 3.05) is 14.2 Å². The molecule has 1 aromatic heterocycles. The molecule has 0 saturated carbocycles. The van der Waals surface area contributed by atoms with Crippen LogP contribution in [0.15, 0.2) is 64.0 Å². The molecule has 0 aliphatic carbocycles. The Balaban J connectivity index is 1.86. The van der Waals surface area contributed by atoms with E-state index in [1.807, 2.05) is 29.6 Å². The molecule has 0 bridgehead atoms. The first kappa shape index (κ1) is 17.2. The normalized spacial score (nSPS) is 13.0. The average Bonchev–Trinajstić information content (AvgIpc) is 3.16. The van der Waals surface area contributed by atoms with Crippen molar-refractivity contribution in [3.05, 3.63) is 75.7 Å². The number of hydrazone groups is 1. The monoisotopic (exact) mass is 381 g/mol. The third kappa shape index (κ3) is 3.29. The van der Waals surface area contributed by atoms with Gasteiger partial charge < -0.3 is 9.47 Å². The van der Waals surface area contributed by atoms with Crippen LogP contribution in [0.1, 0.15) is 16.0 Å². The number of fused-ring (bicyclic) bond motifs is 1. The molecule has 2 aromatic carbocycles. The van der Waals surface area contributed by atoms with Crippen LogP contribution in [-0.2, 0) is 0 Å². The minimum atomic E-state index is -0.350. The molecular weight excluding hydrogens is 365 g/mol. The molecule has 27 heavy (non-hydrogen) atoms. The molecule has 0 radical (unpaired) electrons. The van der Waals surface area contributed by atoms with Gasteiger partial charge in [-0.15, -0.1) is 11.3 Å². The third-order valence-electron chi connectivity index (χ3n) is 4.13. The fourth-order valence-electron chi connectivity index (χ4n) is 2.84. The summed E-state index contributed by atoms with van der Waals surface area (Å²) in [5.74, 6) is 1.45. The van der Waals surface area contributed by atoms with Gasteiger partial charge in [-0.1, -0.05) is 6.07 Å². The van der Waals surface area contributed by atoms with Crippen LogP contribution in [0, 0.1) is 5.82 Å². The number of halogens is 1. The van der Waals surface area contributed by atoms with Crippen molar-refractivity contribution in [2.24, 2.45) is 10.1 Å². The van der Waals surface area contributed by atoms with Crippen molar-refractivity contribution in [3.63, 3.8) is 0 Å². The molecule has 0 unspecified atom stereocenters. The lowest BCUT2D eigenvalue weighted by Crippen LogP contribution is -2.18. The van der Waals surface area contributed by atoms with E-state index < -0.39 is 0 Å². The van der Waals surface area contributed by atoms with Crippen LogP contribution in [0.5, 0.6) is 11.5 Å². The summed E-state index contributed by atoms with van der Waals surface area (Å²) < 4.78 is 24.7. The minimum Gasteiger partial charge on any atom is -0.493 e. The van der Waals surface area contributed by atoms with E-state index in [9.17, 15) is 4.39 Å². The van der Waals surface area contributed by atoms with Crippen LogP contribution < -0.4 is 14.9 Å². The number of amidine groups is 1. The summed E-state index contributed by atoms with van der Waals surface area (Å²) in [6.45, 7) is 0. The van der Waals surface area contributed by atoms with E-state index in [4.69, 9.17) is 9.47 Å². The fourth-order valence-corrected chi connectivity index (χ4v) is 3.50. The van der Waals surface area contributed by atoms with E-state index in [1.54, 1.807) is 37.7 Å². The van der Waals surface area contributed by atoms with Gasteiger partial charge >= 0.3 is 0 Å². The fraction of sp³-hybridized carbons (Fsp3) is 0.100. The zero-order valence-electron chi connectivity index (χ0n) is 14.7. The summed E-state index contributed by atoms with van der Waals surface area (Å²) in [4.78, 5) is 5.60. The number of hydrogen-bond acceptors (Lipinski definition) is 6. The molecule has 1 aliphatic rings. The zero-order valence-corrected chi connectivity index (χ0v) is 15.5. The number of hydrogen-bond donors (Lipinski definition) is 1. The van der Waals surface area contributed by atoms with Crippen LogP contribution in [0.25, 0.3) is 0 Å².